The van der Waals surface area contributed by atoms with E-state index in [0.717, 1.165) is 16.7 Å². The SMILES string of the molecule is CC[C@H](C(=O)NCC(C)C)N(Cc1cccc(C)c1)C(=O)CSCc1ccc([N+](=O)[O-])cc1. The summed E-state index contributed by atoms with van der Waals surface area (Å²) in [4.78, 5) is 38.2. The first-order chi connectivity index (χ1) is 15.7. The highest BCUT2D eigenvalue weighted by Gasteiger charge is 2.28. The molecule has 0 saturated carbocycles. The molecule has 0 fully saturated rings. The largest absolute Gasteiger partial charge is 0.354 e. The van der Waals surface area contributed by atoms with Crippen molar-refractivity contribution < 1.29 is 14.5 Å². The van der Waals surface area contributed by atoms with E-state index in [1.807, 2.05) is 52.0 Å². The maximum atomic E-state index is 13.2. The van der Waals surface area contributed by atoms with Crippen molar-refractivity contribution in [2.75, 3.05) is 12.3 Å². The van der Waals surface area contributed by atoms with Crippen LogP contribution in [0.25, 0.3) is 0 Å². The molecular formula is C25H33N3O4S. The van der Waals surface area contributed by atoms with Crippen molar-refractivity contribution in [3.63, 3.8) is 0 Å². The first-order valence-electron chi connectivity index (χ1n) is 11.1. The second kappa shape index (κ2) is 13.0. The molecule has 8 heteroatoms. The molecule has 2 aromatic carbocycles. The molecule has 0 aliphatic carbocycles. The quantitative estimate of drug-likeness (QED) is 0.357. The van der Waals surface area contributed by atoms with Gasteiger partial charge in [0.15, 0.2) is 0 Å². The second-order valence-corrected chi connectivity index (χ2v) is 9.48. The summed E-state index contributed by atoms with van der Waals surface area (Å²) < 4.78 is 0. The summed E-state index contributed by atoms with van der Waals surface area (Å²) in [6.45, 7) is 8.92. The molecule has 0 aromatic heterocycles. The summed E-state index contributed by atoms with van der Waals surface area (Å²) in [6, 6.07) is 13.7. The van der Waals surface area contributed by atoms with E-state index in [1.165, 1.54) is 23.9 Å². The van der Waals surface area contributed by atoms with Gasteiger partial charge in [0.2, 0.25) is 11.8 Å². The number of hydrogen-bond acceptors (Lipinski definition) is 5. The first kappa shape index (κ1) is 26.4. The summed E-state index contributed by atoms with van der Waals surface area (Å²) in [7, 11) is 0. The average Bonchev–Trinajstić information content (AvgIpc) is 2.77. The molecule has 0 radical (unpaired) electrons. The monoisotopic (exact) mass is 471 g/mol. The van der Waals surface area contributed by atoms with Crippen LogP contribution in [0.4, 0.5) is 5.69 Å². The maximum Gasteiger partial charge on any atom is 0.269 e. The molecule has 0 spiro atoms. The van der Waals surface area contributed by atoms with E-state index in [2.05, 4.69) is 5.32 Å². The van der Waals surface area contributed by atoms with Gasteiger partial charge < -0.3 is 10.2 Å². The molecule has 1 atom stereocenters. The summed E-state index contributed by atoms with van der Waals surface area (Å²) >= 11 is 1.44. The van der Waals surface area contributed by atoms with E-state index < -0.39 is 11.0 Å². The van der Waals surface area contributed by atoms with Gasteiger partial charge in [-0.05, 0) is 30.4 Å². The van der Waals surface area contributed by atoms with Crippen molar-refractivity contribution in [3.8, 4) is 0 Å². The van der Waals surface area contributed by atoms with Gasteiger partial charge in [-0.25, -0.2) is 0 Å². The lowest BCUT2D eigenvalue weighted by molar-refractivity contribution is -0.384. The van der Waals surface area contributed by atoms with Crippen LogP contribution in [-0.2, 0) is 21.9 Å². The zero-order chi connectivity index (χ0) is 24.4. The predicted octanol–water partition coefficient (Wildman–Crippen LogP) is 4.72. The Morgan fingerprint density at radius 1 is 1.12 bits per heavy atom. The van der Waals surface area contributed by atoms with Crippen molar-refractivity contribution >= 4 is 29.3 Å². The highest BCUT2D eigenvalue weighted by Crippen LogP contribution is 2.19. The Balaban J connectivity index is 2.10. The third-order valence-corrected chi connectivity index (χ3v) is 6.14. The topological polar surface area (TPSA) is 92.6 Å². The van der Waals surface area contributed by atoms with Crippen molar-refractivity contribution in [2.24, 2.45) is 5.92 Å². The van der Waals surface area contributed by atoms with Crippen molar-refractivity contribution in [1.29, 1.82) is 0 Å². The van der Waals surface area contributed by atoms with Gasteiger partial charge in [0.1, 0.15) is 6.04 Å². The molecule has 7 nitrogen and oxygen atoms in total. The number of thioether (sulfide) groups is 1. The van der Waals surface area contributed by atoms with Crippen molar-refractivity contribution in [2.45, 2.75) is 52.5 Å². The van der Waals surface area contributed by atoms with Crippen LogP contribution in [0.3, 0.4) is 0 Å². The maximum absolute atomic E-state index is 13.2. The van der Waals surface area contributed by atoms with Crippen LogP contribution in [0.5, 0.6) is 0 Å². The number of hydrogen-bond donors (Lipinski definition) is 1. The third-order valence-electron chi connectivity index (χ3n) is 5.15. The number of aryl methyl sites for hydroxylation is 1. The summed E-state index contributed by atoms with van der Waals surface area (Å²) in [5.74, 6) is 0.863. The van der Waals surface area contributed by atoms with Crippen molar-refractivity contribution in [3.05, 3.63) is 75.3 Å². The van der Waals surface area contributed by atoms with E-state index in [0.29, 0.717) is 31.2 Å². The Bertz CT molecular complexity index is 947. The van der Waals surface area contributed by atoms with Crippen LogP contribution in [0, 0.1) is 23.0 Å². The number of carbonyl (C=O) groups excluding carboxylic acids is 2. The lowest BCUT2D eigenvalue weighted by Gasteiger charge is -2.31. The molecule has 0 aliphatic heterocycles. The number of nitrogens with zero attached hydrogens (tertiary/aromatic N) is 2. The fraction of sp³-hybridized carbons (Fsp3) is 0.440. The third kappa shape index (κ3) is 8.53. The van der Waals surface area contributed by atoms with Crippen LogP contribution in [-0.4, -0.2) is 40.0 Å². The van der Waals surface area contributed by atoms with Gasteiger partial charge in [-0.15, -0.1) is 11.8 Å². The average molecular weight is 472 g/mol. The number of nitro benzene ring substituents is 1. The summed E-state index contributed by atoms with van der Waals surface area (Å²) in [5.41, 5.74) is 3.04. The van der Waals surface area contributed by atoms with E-state index in [1.54, 1.807) is 17.0 Å². The standard InChI is InChI=1S/C25H33N3O4S/c1-5-23(25(30)26-14-18(2)3)27(15-21-8-6-7-19(4)13-21)24(29)17-33-16-20-9-11-22(12-10-20)28(31)32/h6-13,18,23H,5,14-17H2,1-4H3,(H,26,30)/t23-/m1/s1. The number of non-ortho nitro benzene ring substituents is 1. The fourth-order valence-corrected chi connectivity index (χ4v) is 4.27. The lowest BCUT2D eigenvalue weighted by atomic mass is 10.1. The van der Waals surface area contributed by atoms with E-state index in [9.17, 15) is 19.7 Å². The number of carbonyl (C=O) groups is 2. The van der Waals surface area contributed by atoms with E-state index >= 15 is 0 Å². The van der Waals surface area contributed by atoms with Gasteiger partial charge in [0.05, 0.1) is 10.7 Å². The van der Waals surface area contributed by atoms with Gasteiger partial charge in [-0.3, -0.25) is 19.7 Å². The van der Waals surface area contributed by atoms with Crippen molar-refractivity contribution in [1.82, 2.24) is 10.2 Å². The second-order valence-electron chi connectivity index (χ2n) is 8.49. The Morgan fingerprint density at radius 2 is 1.82 bits per heavy atom. The highest BCUT2D eigenvalue weighted by atomic mass is 32.2. The molecule has 2 amide bonds. The summed E-state index contributed by atoms with van der Waals surface area (Å²) in [6.07, 6.45) is 0.522. The Hall–Kier alpha value is -2.87. The van der Waals surface area contributed by atoms with Gasteiger partial charge in [-0.1, -0.05) is 62.7 Å². The highest BCUT2D eigenvalue weighted by molar-refractivity contribution is 7.99. The van der Waals surface area contributed by atoms with Crippen LogP contribution in [0.2, 0.25) is 0 Å². The van der Waals surface area contributed by atoms with E-state index in [-0.39, 0.29) is 23.3 Å². The Morgan fingerprint density at radius 3 is 2.39 bits per heavy atom. The molecule has 0 bridgehead atoms. The van der Waals surface area contributed by atoms with Crippen LogP contribution < -0.4 is 5.32 Å². The van der Waals surface area contributed by atoms with Gasteiger partial charge in [0, 0.05) is 31.0 Å². The molecule has 0 unspecified atom stereocenters. The molecule has 178 valence electrons. The number of benzene rings is 2. The van der Waals surface area contributed by atoms with Gasteiger partial charge in [0.25, 0.3) is 5.69 Å². The molecule has 0 heterocycles. The van der Waals surface area contributed by atoms with Crippen LogP contribution in [0.15, 0.2) is 48.5 Å². The normalized spacial score (nSPS) is 11.8. The molecule has 2 rings (SSSR count). The minimum absolute atomic E-state index is 0.0438. The zero-order valence-corrected chi connectivity index (χ0v) is 20.6. The molecule has 0 saturated heterocycles. The number of rotatable bonds is 12. The number of amides is 2. The zero-order valence-electron chi connectivity index (χ0n) is 19.7. The minimum atomic E-state index is -0.545. The Kier molecular flexibility index (Phi) is 10.4. The van der Waals surface area contributed by atoms with Crippen LogP contribution in [0.1, 0.15) is 43.9 Å². The fourth-order valence-electron chi connectivity index (χ4n) is 3.40. The molecular weight excluding hydrogens is 438 g/mol. The lowest BCUT2D eigenvalue weighted by Crippen LogP contribution is -2.50. The number of nitro groups is 1. The first-order valence-corrected chi connectivity index (χ1v) is 12.3. The smallest absolute Gasteiger partial charge is 0.269 e. The molecule has 2 aromatic rings. The van der Waals surface area contributed by atoms with E-state index in [4.69, 9.17) is 0 Å². The van der Waals surface area contributed by atoms with Crippen LogP contribution >= 0.6 is 11.8 Å². The minimum Gasteiger partial charge on any atom is -0.354 e. The summed E-state index contributed by atoms with van der Waals surface area (Å²) in [5, 5.41) is 13.8. The molecule has 1 N–H and O–H groups in total. The van der Waals surface area contributed by atoms with Gasteiger partial charge in [-0.2, -0.15) is 0 Å². The number of nitrogens with one attached hydrogen (secondary N) is 1. The molecule has 0 aliphatic rings. The predicted molar refractivity (Wildman–Crippen MR) is 133 cm³/mol. The molecule has 33 heavy (non-hydrogen) atoms. The Labute approximate surface area is 200 Å². The van der Waals surface area contributed by atoms with Gasteiger partial charge >= 0.3 is 0 Å².